The van der Waals surface area contributed by atoms with Crippen LogP contribution in [0.1, 0.15) is 61.0 Å². The van der Waals surface area contributed by atoms with Gasteiger partial charge >= 0.3 is 12.4 Å². The van der Waals surface area contributed by atoms with Crippen LogP contribution in [0, 0.1) is 0 Å². The molecule has 214 valence electrons. The average molecular weight is 573 g/mol. The summed E-state index contributed by atoms with van der Waals surface area (Å²) in [5, 5.41) is 6.52. The average Bonchev–Trinajstić information content (AvgIpc) is 3.18. The zero-order valence-electron chi connectivity index (χ0n) is 20.4. The van der Waals surface area contributed by atoms with E-state index in [1.807, 2.05) is 30.3 Å². The van der Waals surface area contributed by atoms with Gasteiger partial charge in [0.05, 0.1) is 34.9 Å². The van der Waals surface area contributed by atoms with E-state index in [0.717, 1.165) is 5.56 Å². The van der Waals surface area contributed by atoms with Crippen LogP contribution in [0.15, 0.2) is 48.5 Å². The van der Waals surface area contributed by atoms with Crippen molar-refractivity contribution in [3.05, 3.63) is 70.8 Å². The lowest BCUT2D eigenvalue weighted by molar-refractivity contribution is -0.143. The molecule has 1 spiro atoms. The van der Waals surface area contributed by atoms with Crippen molar-refractivity contribution in [3.8, 4) is 0 Å². The second-order valence-electron chi connectivity index (χ2n) is 9.42. The number of amides is 1. The van der Waals surface area contributed by atoms with Crippen LogP contribution >= 0.6 is 12.4 Å². The molecule has 2 fully saturated rings. The van der Waals surface area contributed by atoms with Gasteiger partial charge in [-0.2, -0.15) is 26.3 Å². The van der Waals surface area contributed by atoms with Gasteiger partial charge in [0.2, 0.25) is 5.91 Å². The summed E-state index contributed by atoms with van der Waals surface area (Å²) in [6, 6.07) is 10.9. The van der Waals surface area contributed by atoms with Crippen LogP contribution in [0.5, 0.6) is 0 Å². The van der Waals surface area contributed by atoms with Gasteiger partial charge in [-0.15, -0.1) is 12.4 Å². The summed E-state index contributed by atoms with van der Waals surface area (Å²) in [7, 11) is 0. The summed E-state index contributed by atoms with van der Waals surface area (Å²) in [4.78, 5) is 11.8. The van der Waals surface area contributed by atoms with E-state index >= 15 is 0 Å². The predicted octanol–water partition coefficient (Wildman–Crippen LogP) is 4.50. The maximum absolute atomic E-state index is 13.3. The third-order valence-corrected chi connectivity index (χ3v) is 7.02. The van der Waals surface area contributed by atoms with Crippen molar-refractivity contribution < 1.29 is 46.8 Å². The lowest BCUT2D eigenvalue weighted by Gasteiger charge is -2.46. The van der Waals surface area contributed by atoms with Crippen molar-refractivity contribution in [2.24, 2.45) is 0 Å². The minimum absolute atomic E-state index is 0. The molecule has 13 heteroatoms. The summed E-state index contributed by atoms with van der Waals surface area (Å²) in [6.45, 7) is 1.95. The van der Waals surface area contributed by atoms with Crippen molar-refractivity contribution in [1.82, 2.24) is 10.6 Å². The fourth-order valence-corrected chi connectivity index (χ4v) is 4.85. The topological polar surface area (TPSA) is 113 Å². The minimum atomic E-state index is -4.92. The molecular formula is C25H31ClF6N2O4. The molecule has 38 heavy (non-hydrogen) atoms. The van der Waals surface area contributed by atoms with Gasteiger partial charge in [-0.1, -0.05) is 30.3 Å². The number of hydrogen-bond acceptors (Lipinski definition) is 3. The summed E-state index contributed by atoms with van der Waals surface area (Å²) in [6.07, 6.45) is -8.49. The van der Waals surface area contributed by atoms with Crippen molar-refractivity contribution in [1.29, 1.82) is 0 Å². The second-order valence-corrected chi connectivity index (χ2v) is 9.42. The molecule has 0 saturated carbocycles. The van der Waals surface area contributed by atoms with Gasteiger partial charge in [0.1, 0.15) is 0 Å². The van der Waals surface area contributed by atoms with E-state index < -0.39 is 35.1 Å². The van der Waals surface area contributed by atoms with Gasteiger partial charge in [-0.3, -0.25) is 4.79 Å². The zero-order chi connectivity index (χ0) is 25.5. The lowest BCUT2D eigenvalue weighted by Crippen LogP contribution is -2.61. The smallest absolute Gasteiger partial charge is 0.412 e. The Morgan fingerprint density at radius 1 is 0.921 bits per heavy atom. The first-order valence-electron chi connectivity index (χ1n) is 11.3. The van der Waals surface area contributed by atoms with E-state index in [2.05, 4.69) is 10.6 Å². The predicted molar refractivity (Wildman–Crippen MR) is 131 cm³/mol. The van der Waals surface area contributed by atoms with Crippen molar-refractivity contribution in [3.63, 3.8) is 0 Å². The Morgan fingerprint density at radius 2 is 1.50 bits per heavy atom. The minimum Gasteiger partial charge on any atom is -0.412 e. The third kappa shape index (κ3) is 7.17. The van der Waals surface area contributed by atoms with E-state index in [0.29, 0.717) is 44.4 Å². The van der Waals surface area contributed by atoms with E-state index in [4.69, 9.17) is 4.74 Å². The Kier molecular flexibility index (Phi) is 10.8. The highest BCUT2D eigenvalue weighted by Gasteiger charge is 2.47. The molecular weight excluding hydrogens is 542 g/mol. The molecule has 2 aromatic rings. The van der Waals surface area contributed by atoms with Gasteiger partial charge in [0.25, 0.3) is 0 Å². The van der Waals surface area contributed by atoms with Crippen molar-refractivity contribution >= 4 is 18.3 Å². The first-order valence-corrected chi connectivity index (χ1v) is 11.3. The van der Waals surface area contributed by atoms with Gasteiger partial charge in [0.15, 0.2) is 0 Å². The molecule has 0 aromatic heterocycles. The Bertz CT molecular complexity index is 1040. The van der Waals surface area contributed by atoms with Crippen LogP contribution < -0.4 is 10.6 Å². The number of nitrogens with one attached hydrogen (secondary N) is 2. The molecule has 6 nitrogen and oxygen atoms in total. The highest BCUT2D eigenvalue weighted by Crippen LogP contribution is 2.40. The zero-order valence-corrected chi connectivity index (χ0v) is 21.2. The molecule has 0 unspecified atom stereocenters. The van der Waals surface area contributed by atoms with Crippen LogP contribution in [-0.4, -0.2) is 35.6 Å². The number of carbonyl (C=O) groups is 1. The van der Waals surface area contributed by atoms with Crippen molar-refractivity contribution in [2.75, 3.05) is 13.2 Å². The number of rotatable bonds is 5. The SMILES string of the molecule is C[C@@H](OC[C@@]1(c2ccccc2)CC[C@]2(CCC(=O)N2)CN1)c1cc(C(F)(F)F)cc(C(F)(F)F)c1.Cl.O.O. The molecule has 4 rings (SSSR count). The number of alkyl halides is 6. The number of halogens is 7. The van der Waals surface area contributed by atoms with E-state index in [1.54, 1.807) is 0 Å². The number of carbonyl (C=O) groups excluding carboxylic acids is 1. The van der Waals surface area contributed by atoms with Gasteiger partial charge in [0, 0.05) is 13.0 Å². The summed E-state index contributed by atoms with van der Waals surface area (Å²) in [5.41, 5.74) is -3.11. The fourth-order valence-electron chi connectivity index (χ4n) is 4.85. The molecule has 2 heterocycles. The third-order valence-electron chi connectivity index (χ3n) is 7.02. The largest absolute Gasteiger partial charge is 0.416 e. The maximum atomic E-state index is 13.3. The second kappa shape index (κ2) is 12.2. The molecule has 2 aliphatic heterocycles. The molecule has 2 aliphatic rings. The Labute approximate surface area is 222 Å². The van der Waals surface area contributed by atoms with Crippen LogP contribution in [0.4, 0.5) is 26.3 Å². The molecule has 3 atom stereocenters. The summed E-state index contributed by atoms with van der Waals surface area (Å²) in [5.74, 6) is -0.00565. The molecule has 6 N–H and O–H groups in total. The van der Waals surface area contributed by atoms with Crippen LogP contribution in [-0.2, 0) is 27.4 Å². The van der Waals surface area contributed by atoms with Gasteiger partial charge < -0.3 is 26.3 Å². The highest BCUT2D eigenvalue weighted by molar-refractivity contribution is 5.85. The molecule has 2 aromatic carbocycles. The molecule has 0 aliphatic carbocycles. The molecule has 1 amide bonds. The Balaban J connectivity index is 0.00000241. The Hall–Kier alpha value is -2.38. The number of ether oxygens (including phenoxy) is 1. The first-order chi connectivity index (χ1) is 16.3. The summed E-state index contributed by atoms with van der Waals surface area (Å²) < 4.78 is 85.6. The number of piperidine rings is 1. The monoisotopic (exact) mass is 572 g/mol. The van der Waals surface area contributed by atoms with E-state index in [-0.39, 0.29) is 53.0 Å². The van der Waals surface area contributed by atoms with Crippen LogP contribution in [0.2, 0.25) is 0 Å². The van der Waals surface area contributed by atoms with E-state index in [9.17, 15) is 31.1 Å². The number of benzene rings is 2. The standard InChI is InChI=1S/C25H26F6N2O2.ClH.2H2O/c1-16(17-11-19(24(26,27)28)13-20(12-17)25(29,30)31)35-15-23(18-5-3-2-4-6-18)10-9-22(14-32-23)8-7-21(34)33-22;;;/h2-6,11-13,16,32H,7-10,14-15H2,1H3,(H,33,34);1H;2*1H2/t16-,22-,23-;;;/m1.../s1. The van der Waals surface area contributed by atoms with Gasteiger partial charge in [-0.05, 0) is 55.5 Å². The normalized spacial score (nSPS) is 24.0. The van der Waals surface area contributed by atoms with Crippen LogP contribution in [0.25, 0.3) is 0 Å². The molecule has 0 bridgehead atoms. The fraction of sp³-hybridized carbons (Fsp3) is 0.480. The number of hydrogen-bond donors (Lipinski definition) is 2. The molecule has 2 saturated heterocycles. The van der Waals surface area contributed by atoms with Gasteiger partial charge in [-0.25, -0.2) is 0 Å². The Morgan fingerprint density at radius 3 is 1.95 bits per heavy atom. The van der Waals surface area contributed by atoms with E-state index in [1.165, 1.54) is 6.92 Å². The quantitative estimate of drug-likeness (QED) is 0.514. The van der Waals surface area contributed by atoms with Crippen LogP contribution in [0.3, 0.4) is 0 Å². The van der Waals surface area contributed by atoms with Crippen molar-refractivity contribution in [2.45, 2.75) is 62.1 Å². The molecule has 0 radical (unpaired) electrons. The first kappa shape index (κ1) is 33.6. The highest BCUT2D eigenvalue weighted by atomic mass is 35.5. The lowest BCUT2D eigenvalue weighted by atomic mass is 9.76. The summed E-state index contributed by atoms with van der Waals surface area (Å²) >= 11 is 0. The maximum Gasteiger partial charge on any atom is 0.416 e.